The number of para-hydroxylation sites is 1. The topological polar surface area (TPSA) is 84.9 Å². The van der Waals surface area contributed by atoms with E-state index >= 15 is 0 Å². The molecule has 0 fully saturated rings. The average Bonchev–Trinajstić information content (AvgIpc) is 2.84. The van der Waals surface area contributed by atoms with Crippen molar-refractivity contribution in [2.75, 3.05) is 20.8 Å². The SMILES string of the molecule is COc1ccccc1[C@H](C)NC(=O)CN(Cc1ccccc1)S(=O)(=O)c1cc(Cl)ccc1OC. The van der Waals surface area contributed by atoms with E-state index in [2.05, 4.69) is 5.32 Å². The first kappa shape index (κ1) is 25.6. The van der Waals surface area contributed by atoms with Crippen molar-refractivity contribution in [2.24, 2.45) is 0 Å². The molecule has 3 aromatic rings. The van der Waals surface area contributed by atoms with Crippen molar-refractivity contribution in [3.8, 4) is 11.5 Å². The number of carbonyl (C=O) groups excluding carboxylic acids is 1. The number of methoxy groups -OCH3 is 2. The van der Waals surface area contributed by atoms with Crippen LogP contribution in [0.2, 0.25) is 5.02 Å². The fourth-order valence-electron chi connectivity index (χ4n) is 3.55. The molecule has 180 valence electrons. The number of rotatable bonds is 10. The van der Waals surface area contributed by atoms with Crippen molar-refractivity contribution in [2.45, 2.75) is 24.4 Å². The van der Waals surface area contributed by atoms with Gasteiger partial charge in [0.25, 0.3) is 0 Å². The molecule has 0 aliphatic rings. The maximum atomic E-state index is 13.6. The molecule has 3 rings (SSSR count). The highest BCUT2D eigenvalue weighted by molar-refractivity contribution is 7.89. The highest BCUT2D eigenvalue weighted by Gasteiger charge is 2.30. The average molecular weight is 503 g/mol. The highest BCUT2D eigenvalue weighted by atomic mass is 35.5. The molecule has 0 unspecified atom stereocenters. The number of amides is 1. The van der Waals surface area contributed by atoms with E-state index in [-0.39, 0.29) is 22.2 Å². The van der Waals surface area contributed by atoms with E-state index in [0.29, 0.717) is 5.75 Å². The van der Waals surface area contributed by atoms with Gasteiger partial charge in [-0.1, -0.05) is 60.1 Å². The number of benzene rings is 3. The van der Waals surface area contributed by atoms with Crippen LogP contribution in [0.15, 0.2) is 77.7 Å². The molecule has 1 atom stereocenters. The molecule has 0 spiro atoms. The van der Waals surface area contributed by atoms with Gasteiger partial charge in [0, 0.05) is 17.1 Å². The Kier molecular flexibility index (Phi) is 8.55. The normalized spacial score (nSPS) is 12.3. The van der Waals surface area contributed by atoms with E-state index in [1.54, 1.807) is 31.4 Å². The summed E-state index contributed by atoms with van der Waals surface area (Å²) in [5.41, 5.74) is 1.52. The van der Waals surface area contributed by atoms with Crippen molar-refractivity contribution in [3.63, 3.8) is 0 Å². The van der Waals surface area contributed by atoms with Crippen LogP contribution in [-0.2, 0) is 21.4 Å². The second kappa shape index (κ2) is 11.4. The first-order valence-electron chi connectivity index (χ1n) is 10.6. The molecule has 9 heteroatoms. The van der Waals surface area contributed by atoms with Gasteiger partial charge in [0.15, 0.2) is 0 Å². The largest absolute Gasteiger partial charge is 0.496 e. The summed E-state index contributed by atoms with van der Waals surface area (Å²) in [6.07, 6.45) is 0. The Hall–Kier alpha value is -3.07. The molecule has 0 saturated carbocycles. The predicted molar refractivity (Wildman–Crippen MR) is 132 cm³/mol. The maximum absolute atomic E-state index is 13.6. The predicted octanol–water partition coefficient (Wildman–Crippen LogP) is 4.43. The minimum absolute atomic E-state index is 0.00466. The van der Waals surface area contributed by atoms with Crippen molar-refractivity contribution in [1.82, 2.24) is 9.62 Å². The number of nitrogens with zero attached hydrogens (tertiary/aromatic N) is 1. The first-order valence-corrected chi connectivity index (χ1v) is 12.4. The van der Waals surface area contributed by atoms with Crippen LogP contribution in [0.1, 0.15) is 24.1 Å². The molecule has 0 radical (unpaired) electrons. The molecule has 0 bridgehead atoms. The minimum Gasteiger partial charge on any atom is -0.496 e. The number of ether oxygens (including phenoxy) is 2. The zero-order valence-corrected chi connectivity index (χ0v) is 20.8. The summed E-state index contributed by atoms with van der Waals surface area (Å²) in [6.45, 7) is 1.41. The summed E-state index contributed by atoms with van der Waals surface area (Å²) in [5, 5.41) is 3.11. The number of hydrogen-bond acceptors (Lipinski definition) is 5. The second-order valence-electron chi connectivity index (χ2n) is 7.59. The molecule has 3 aromatic carbocycles. The van der Waals surface area contributed by atoms with Crippen molar-refractivity contribution >= 4 is 27.5 Å². The van der Waals surface area contributed by atoms with Crippen LogP contribution in [-0.4, -0.2) is 39.4 Å². The number of hydrogen-bond donors (Lipinski definition) is 1. The number of carbonyl (C=O) groups is 1. The summed E-state index contributed by atoms with van der Waals surface area (Å²) in [7, 11) is -1.20. The van der Waals surface area contributed by atoms with Gasteiger partial charge in [-0.2, -0.15) is 4.31 Å². The third-order valence-electron chi connectivity index (χ3n) is 5.25. The molecular weight excluding hydrogens is 476 g/mol. The van der Waals surface area contributed by atoms with Crippen LogP contribution in [0, 0.1) is 0 Å². The van der Waals surface area contributed by atoms with E-state index in [4.69, 9.17) is 21.1 Å². The number of sulfonamides is 1. The zero-order chi connectivity index (χ0) is 24.7. The Balaban J connectivity index is 1.90. The fourth-order valence-corrected chi connectivity index (χ4v) is 5.36. The molecule has 1 N–H and O–H groups in total. The smallest absolute Gasteiger partial charge is 0.247 e. The standard InChI is InChI=1S/C25H27ClN2O5S/c1-18(21-11-7-8-12-22(21)32-2)27-25(29)17-28(16-19-9-5-4-6-10-19)34(30,31)24-15-20(26)13-14-23(24)33-3/h4-15,18H,16-17H2,1-3H3,(H,27,29)/t18-/m0/s1. The van der Waals surface area contributed by atoms with E-state index in [9.17, 15) is 13.2 Å². The summed E-state index contributed by atoms with van der Waals surface area (Å²) in [4.78, 5) is 12.9. The van der Waals surface area contributed by atoms with Gasteiger partial charge in [0.2, 0.25) is 15.9 Å². The van der Waals surface area contributed by atoms with Crippen LogP contribution in [0.5, 0.6) is 11.5 Å². The van der Waals surface area contributed by atoms with Crippen LogP contribution in [0.25, 0.3) is 0 Å². The van der Waals surface area contributed by atoms with Crippen LogP contribution >= 0.6 is 11.6 Å². The Labute approximate surface area is 205 Å². The van der Waals surface area contributed by atoms with Crippen LogP contribution < -0.4 is 14.8 Å². The highest BCUT2D eigenvalue weighted by Crippen LogP contribution is 2.30. The third-order valence-corrected chi connectivity index (χ3v) is 7.30. The molecule has 0 aliphatic heterocycles. The van der Waals surface area contributed by atoms with Crippen LogP contribution in [0.4, 0.5) is 0 Å². The van der Waals surface area contributed by atoms with Gasteiger partial charge >= 0.3 is 0 Å². The van der Waals surface area contributed by atoms with Gasteiger partial charge in [-0.25, -0.2) is 8.42 Å². The maximum Gasteiger partial charge on any atom is 0.247 e. The van der Waals surface area contributed by atoms with Crippen molar-refractivity contribution in [3.05, 3.63) is 88.9 Å². The van der Waals surface area contributed by atoms with Crippen LogP contribution in [0.3, 0.4) is 0 Å². The fraction of sp³-hybridized carbons (Fsp3) is 0.240. The van der Waals surface area contributed by atoms with Gasteiger partial charge in [-0.3, -0.25) is 4.79 Å². The number of nitrogens with one attached hydrogen (secondary N) is 1. The van der Waals surface area contributed by atoms with Gasteiger partial charge in [0.1, 0.15) is 16.4 Å². The summed E-state index contributed by atoms with van der Waals surface area (Å²) in [6, 6.07) is 20.3. The van der Waals surface area contributed by atoms with Crippen molar-refractivity contribution in [1.29, 1.82) is 0 Å². The molecule has 34 heavy (non-hydrogen) atoms. The second-order valence-corrected chi connectivity index (χ2v) is 9.93. The molecule has 0 saturated heterocycles. The van der Waals surface area contributed by atoms with Gasteiger partial charge in [0.05, 0.1) is 26.8 Å². The summed E-state index contributed by atoms with van der Waals surface area (Å²) >= 11 is 6.09. The Morgan fingerprint density at radius 1 is 0.971 bits per heavy atom. The zero-order valence-electron chi connectivity index (χ0n) is 19.2. The lowest BCUT2D eigenvalue weighted by Crippen LogP contribution is -2.41. The number of halogens is 1. The Morgan fingerprint density at radius 3 is 2.29 bits per heavy atom. The summed E-state index contributed by atoms with van der Waals surface area (Å²) < 4.78 is 39.0. The third kappa shape index (κ3) is 6.08. The Bertz CT molecular complexity index is 1240. The lowest BCUT2D eigenvalue weighted by Gasteiger charge is -2.24. The quantitative estimate of drug-likeness (QED) is 0.443. The minimum atomic E-state index is -4.13. The molecule has 7 nitrogen and oxygen atoms in total. The van der Waals surface area contributed by atoms with E-state index < -0.39 is 28.5 Å². The monoisotopic (exact) mass is 502 g/mol. The van der Waals surface area contributed by atoms with Crippen molar-refractivity contribution < 1.29 is 22.7 Å². The molecule has 0 aromatic heterocycles. The molecule has 1 amide bonds. The van der Waals surface area contributed by atoms with Gasteiger partial charge in [-0.05, 0) is 36.8 Å². The van der Waals surface area contributed by atoms with Gasteiger partial charge in [-0.15, -0.1) is 0 Å². The van der Waals surface area contributed by atoms with E-state index in [1.807, 2.05) is 43.3 Å². The lowest BCUT2D eigenvalue weighted by atomic mass is 10.1. The molecule has 0 aliphatic carbocycles. The lowest BCUT2D eigenvalue weighted by molar-refractivity contribution is -0.122. The first-order chi connectivity index (χ1) is 16.3. The van der Waals surface area contributed by atoms with E-state index in [0.717, 1.165) is 15.4 Å². The summed E-state index contributed by atoms with van der Waals surface area (Å²) in [5.74, 6) is 0.317. The molecular formula is C25H27ClN2O5S. The van der Waals surface area contributed by atoms with Gasteiger partial charge < -0.3 is 14.8 Å². The molecule has 0 heterocycles. The van der Waals surface area contributed by atoms with E-state index in [1.165, 1.54) is 19.2 Å². The Morgan fingerprint density at radius 2 is 1.62 bits per heavy atom.